The van der Waals surface area contributed by atoms with Crippen LogP contribution in [0.5, 0.6) is 5.88 Å². The minimum atomic E-state index is -0.354. The van der Waals surface area contributed by atoms with Gasteiger partial charge in [0.25, 0.3) is 5.91 Å². The molecule has 6 heteroatoms. The number of amides is 1. The number of ether oxygens (including phenoxy) is 3. The molecule has 2 fully saturated rings. The highest BCUT2D eigenvalue weighted by molar-refractivity contribution is 5.96. The van der Waals surface area contributed by atoms with Gasteiger partial charge in [0.15, 0.2) is 0 Å². The van der Waals surface area contributed by atoms with Gasteiger partial charge >= 0.3 is 0 Å². The molecular formula is C18H26N2O4. The maximum atomic E-state index is 13.0. The van der Waals surface area contributed by atoms with Gasteiger partial charge in [-0.15, -0.1) is 0 Å². The third-order valence-corrected chi connectivity index (χ3v) is 4.38. The van der Waals surface area contributed by atoms with E-state index in [2.05, 4.69) is 18.8 Å². The minimum Gasteiger partial charge on any atom is -0.477 e. The zero-order chi connectivity index (χ0) is 17.0. The second-order valence-electron chi connectivity index (χ2n) is 6.98. The monoisotopic (exact) mass is 334 g/mol. The Hall–Kier alpha value is -1.66. The van der Waals surface area contributed by atoms with Crippen LogP contribution in [0.25, 0.3) is 0 Å². The smallest absolute Gasteiger partial charge is 0.259 e. The van der Waals surface area contributed by atoms with Gasteiger partial charge in [0.1, 0.15) is 11.2 Å². The van der Waals surface area contributed by atoms with Gasteiger partial charge in [-0.05, 0) is 30.9 Å². The molecule has 3 rings (SSSR count). The Labute approximate surface area is 143 Å². The summed E-state index contributed by atoms with van der Waals surface area (Å²) >= 11 is 0. The highest BCUT2D eigenvalue weighted by Crippen LogP contribution is 2.29. The van der Waals surface area contributed by atoms with Crippen LogP contribution in [0, 0.1) is 5.92 Å². The number of aromatic nitrogens is 1. The Kier molecular flexibility index (Phi) is 5.36. The summed E-state index contributed by atoms with van der Waals surface area (Å²) in [7, 11) is 0. The molecule has 1 spiro atoms. The van der Waals surface area contributed by atoms with Crippen LogP contribution in [0.4, 0.5) is 0 Å². The van der Waals surface area contributed by atoms with E-state index in [9.17, 15) is 4.79 Å². The van der Waals surface area contributed by atoms with E-state index < -0.39 is 0 Å². The fourth-order valence-electron chi connectivity index (χ4n) is 3.17. The number of pyridine rings is 1. The van der Waals surface area contributed by atoms with E-state index >= 15 is 0 Å². The van der Waals surface area contributed by atoms with Crippen molar-refractivity contribution in [2.45, 2.75) is 32.3 Å². The fraction of sp³-hybridized carbons (Fsp3) is 0.667. The van der Waals surface area contributed by atoms with Crippen LogP contribution < -0.4 is 4.74 Å². The van der Waals surface area contributed by atoms with Crippen molar-refractivity contribution in [3.8, 4) is 5.88 Å². The number of morpholine rings is 1. The number of carbonyl (C=O) groups is 1. The van der Waals surface area contributed by atoms with Crippen molar-refractivity contribution in [2.24, 2.45) is 5.92 Å². The molecule has 0 radical (unpaired) electrons. The van der Waals surface area contributed by atoms with Gasteiger partial charge in [-0.2, -0.15) is 0 Å². The van der Waals surface area contributed by atoms with Crippen molar-refractivity contribution >= 4 is 5.91 Å². The van der Waals surface area contributed by atoms with Gasteiger partial charge in [0, 0.05) is 19.3 Å². The summed E-state index contributed by atoms with van der Waals surface area (Å²) in [4.78, 5) is 19.1. The van der Waals surface area contributed by atoms with E-state index in [0.29, 0.717) is 50.3 Å². The Morgan fingerprint density at radius 3 is 3.08 bits per heavy atom. The number of hydrogen-bond donors (Lipinski definition) is 0. The molecule has 2 saturated heterocycles. The molecule has 1 aromatic rings. The largest absolute Gasteiger partial charge is 0.477 e. The van der Waals surface area contributed by atoms with Gasteiger partial charge in [0.2, 0.25) is 5.88 Å². The molecule has 1 aromatic heterocycles. The van der Waals surface area contributed by atoms with E-state index in [0.717, 1.165) is 19.4 Å². The summed E-state index contributed by atoms with van der Waals surface area (Å²) in [5.41, 5.74) is 0.166. The summed E-state index contributed by atoms with van der Waals surface area (Å²) in [6, 6.07) is 3.56. The standard InChI is InChI=1S/C18H26N2O4/c1-14(2)11-23-16-15(5-3-7-19-16)17(21)20-8-10-24-18(12-20)6-4-9-22-13-18/h3,5,7,14H,4,6,8-13H2,1-2H3. The van der Waals surface area contributed by atoms with Gasteiger partial charge in [0.05, 0.1) is 26.4 Å². The zero-order valence-corrected chi connectivity index (χ0v) is 14.5. The second kappa shape index (κ2) is 7.49. The van der Waals surface area contributed by atoms with E-state index in [-0.39, 0.29) is 11.5 Å². The second-order valence-corrected chi connectivity index (χ2v) is 6.98. The van der Waals surface area contributed by atoms with Gasteiger partial charge in [-0.3, -0.25) is 4.79 Å². The first-order chi connectivity index (χ1) is 11.6. The lowest BCUT2D eigenvalue weighted by Gasteiger charge is -2.44. The predicted octanol–water partition coefficient (Wildman–Crippen LogP) is 2.14. The lowest BCUT2D eigenvalue weighted by molar-refractivity contribution is -0.160. The van der Waals surface area contributed by atoms with Gasteiger partial charge in [-0.1, -0.05) is 13.8 Å². The minimum absolute atomic E-state index is 0.0462. The summed E-state index contributed by atoms with van der Waals surface area (Å²) < 4.78 is 17.3. The highest BCUT2D eigenvalue weighted by atomic mass is 16.5. The van der Waals surface area contributed by atoms with Crippen LogP contribution in [0.1, 0.15) is 37.0 Å². The topological polar surface area (TPSA) is 60.9 Å². The molecule has 1 atom stereocenters. The summed E-state index contributed by atoms with van der Waals surface area (Å²) in [5, 5.41) is 0. The van der Waals surface area contributed by atoms with Crippen molar-refractivity contribution in [1.82, 2.24) is 9.88 Å². The Bertz CT molecular complexity index is 564. The molecule has 2 aliphatic heterocycles. The predicted molar refractivity (Wildman–Crippen MR) is 89.2 cm³/mol. The van der Waals surface area contributed by atoms with E-state index in [1.54, 1.807) is 18.3 Å². The molecule has 0 bridgehead atoms. The SMILES string of the molecule is CC(C)COc1ncccc1C(=O)N1CCOC2(CCCOC2)C1. The first-order valence-electron chi connectivity index (χ1n) is 8.68. The molecule has 0 aliphatic carbocycles. The lowest BCUT2D eigenvalue weighted by atomic mass is 9.94. The van der Waals surface area contributed by atoms with Crippen LogP contribution in [-0.2, 0) is 9.47 Å². The van der Waals surface area contributed by atoms with Crippen molar-refractivity contribution in [1.29, 1.82) is 0 Å². The molecule has 0 aromatic carbocycles. The number of rotatable bonds is 4. The first kappa shape index (κ1) is 17.2. The molecule has 132 valence electrons. The van der Waals surface area contributed by atoms with Gasteiger partial charge < -0.3 is 19.1 Å². The molecule has 1 unspecified atom stereocenters. The van der Waals surface area contributed by atoms with Crippen LogP contribution in [0.2, 0.25) is 0 Å². The Morgan fingerprint density at radius 1 is 1.46 bits per heavy atom. The summed E-state index contributed by atoms with van der Waals surface area (Å²) in [5.74, 6) is 0.743. The van der Waals surface area contributed by atoms with Crippen LogP contribution >= 0.6 is 0 Å². The average molecular weight is 334 g/mol. The maximum absolute atomic E-state index is 13.0. The van der Waals surface area contributed by atoms with Crippen molar-refractivity contribution in [3.63, 3.8) is 0 Å². The molecular weight excluding hydrogens is 308 g/mol. The highest BCUT2D eigenvalue weighted by Gasteiger charge is 2.40. The summed E-state index contributed by atoms with van der Waals surface area (Å²) in [6.07, 6.45) is 3.56. The number of hydrogen-bond acceptors (Lipinski definition) is 5. The average Bonchev–Trinajstić information content (AvgIpc) is 2.60. The molecule has 24 heavy (non-hydrogen) atoms. The van der Waals surface area contributed by atoms with Crippen molar-refractivity contribution in [2.75, 3.05) is 39.5 Å². The third kappa shape index (κ3) is 3.87. The Morgan fingerprint density at radius 2 is 2.33 bits per heavy atom. The van der Waals surface area contributed by atoms with E-state index in [4.69, 9.17) is 14.2 Å². The fourth-order valence-corrected chi connectivity index (χ4v) is 3.17. The number of carbonyl (C=O) groups excluding carboxylic acids is 1. The number of nitrogens with zero attached hydrogens (tertiary/aromatic N) is 2. The normalized spacial score (nSPS) is 24.4. The quantitative estimate of drug-likeness (QED) is 0.844. The molecule has 1 amide bonds. The lowest BCUT2D eigenvalue weighted by Crippen LogP contribution is -2.57. The molecule has 2 aliphatic rings. The maximum Gasteiger partial charge on any atom is 0.259 e. The van der Waals surface area contributed by atoms with E-state index in [1.807, 2.05) is 4.90 Å². The van der Waals surface area contributed by atoms with Crippen LogP contribution in [0.3, 0.4) is 0 Å². The zero-order valence-electron chi connectivity index (χ0n) is 14.5. The Balaban J connectivity index is 1.74. The first-order valence-corrected chi connectivity index (χ1v) is 8.68. The van der Waals surface area contributed by atoms with Crippen LogP contribution in [0.15, 0.2) is 18.3 Å². The summed E-state index contributed by atoms with van der Waals surface area (Å²) in [6.45, 7) is 7.69. The third-order valence-electron chi connectivity index (χ3n) is 4.38. The molecule has 0 saturated carbocycles. The van der Waals surface area contributed by atoms with Crippen LogP contribution in [-0.4, -0.2) is 60.9 Å². The molecule has 3 heterocycles. The van der Waals surface area contributed by atoms with Gasteiger partial charge in [-0.25, -0.2) is 4.98 Å². The van der Waals surface area contributed by atoms with Crippen molar-refractivity contribution < 1.29 is 19.0 Å². The van der Waals surface area contributed by atoms with Crippen molar-refractivity contribution in [3.05, 3.63) is 23.9 Å². The molecule has 6 nitrogen and oxygen atoms in total. The molecule has 0 N–H and O–H groups in total. The van der Waals surface area contributed by atoms with E-state index in [1.165, 1.54) is 0 Å².